The number of aliphatic imine (C=N–C) groups is 1. The van der Waals surface area contributed by atoms with E-state index in [4.69, 9.17) is 0 Å². The van der Waals surface area contributed by atoms with Crippen LogP contribution in [0, 0.1) is 0 Å². The van der Waals surface area contributed by atoms with Crippen LogP contribution in [0.25, 0.3) is 11.0 Å². The molecule has 0 amide bonds. The maximum atomic E-state index is 12.7. The summed E-state index contributed by atoms with van der Waals surface area (Å²) < 4.78 is 1.73. The van der Waals surface area contributed by atoms with Gasteiger partial charge in [-0.25, -0.2) is 9.98 Å². The predicted molar refractivity (Wildman–Crippen MR) is 88.8 cm³/mol. The fourth-order valence-electron chi connectivity index (χ4n) is 3.08. The highest BCUT2D eigenvalue weighted by Gasteiger charge is 2.31. The monoisotopic (exact) mass is 305 g/mol. The van der Waals surface area contributed by atoms with Crippen LogP contribution in [-0.2, 0) is 0 Å². The van der Waals surface area contributed by atoms with Gasteiger partial charge in [-0.3, -0.25) is 9.36 Å². The number of ketones is 1. The highest BCUT2D eigenvalue weighted by Crippen LogP contribution is 2.37. The molecule has 0 bridgehead atoms. The molecule has 5 heteroatoms. The average molecular weight is 305 g/mol. The first kappa shape index (κ1) is 13.7. The van der Waals surface area contributed by atoms with Gasteiger partial charge in [0.05, 0.1) is 11.3 Å². The van der Waals surface area contributed by atoms with Crippen molar-refractivity contribution in [1.29, 1.82) is 0 Å². The highest BCUT2D eigenvalue weighted by molar-refractivity contribution is 6.56. The lowest BCUT2D eigenvalue weighted by Crippen LogP contribution is -2.11. The Kier molecular flexibility index (Phi) is 2.84. The van der Waals surface area contributed by atoms with Crippen molar-refractivity contribution in [2.24, 2.45) is 4.99 Å². The summed E-state index contributed by atoms with van der Waals surface area (Å²) in [6.07, 6.45) is 1.68. The number of fused-ring (bicyclic) bond motifs is 2. The zero-order valence-electron chi connectivity index (χ0n) is 12.8. The van der Waals surface area contributed by atoms with Crippen LogP contribution < -0.4 is 0 Å². The number of pyridine rings is 1. The number of aromatic hydroxyl groups is 1. The van der Waals surface area contributed by atoms with Crippen molar-refractivity contribution in [2.45, 2.75) is 19.9 Å². The fourth-order valence-corrected chi connectivity index (χ4v) is 3.08. The maximum absolute atomic E-state index is 12.7. The van der Waals surface area contributed by atoms with E-state index in [1.807, 2.05) is 32.0 Å². The van der Waals surface area contributed by atoms with Crippen LogP contribution in [0.3, 0.4) is 0 Å². The molecule has 2 aromatic heterocycles. The molecule has 3 heterocycles. The number of hydrogen-bond donors (Lipinski definition) is 1. The number of para-hydroxylation sites is 1. The number of benzene rings is 1. The largest absolute Gasteiger partial charge is 0.494 e. The Balaban J connectivity index is 2.02. The van der Waals surface area contributed by atoms with Gasteiger partial charge in [0.15, 0.2) is 0 Å². The van der Waals surface area contributed by atoms with E-state index in [1.165, 1.54) is 0 Å². The lowest BCUT2D eigenvalue weighted by molar-refractivity contribution is 0.107. The molecule has 3 aromatic rings. The standard InChI is InChI=1S/C18H15N3O2/c1-10(2)21-17-12(7-5-9-19-17)14(18(21)23)15-16(22)11-6-3-4-8-13(11)20-15/h3-10,23H,1-2H3. The Morgan fingerprint density at radius 3 is 2.65 bits per heavy atom. The van der Waals surface area contributed by atoms with Gasteiger partial charge in [-0.05, 0) is 38.1 Å². The third-order valence-corrected chi connectivity index (χ3v) is 4.09. The summed E-state index contributed by atoms with van der Waals surface area (Å²) >= 11 is 0. The third kappa shape index (κ3) is 1.83. The zero-order chi connectivity index (χ0) is 16.1. The van der Waals surface area contributed by atoms with Gasteiger partial charge in [-0.1, -0.05) is 12.1 Å². The van der Waals surface area contributed by atoms with Crippen molar-refractivity contribution < 1.29 is 9.90 Å². The summed E-state index contributed by atoms with van der Waals surface area (Å²) in [6, 6.07) is 10.9. The van der Waals surface area contributed by atoms with Gasteiger partial charge in [-0.15, -0.1) is 0 Å². The second-order valence-electron chi connectivity index (χ2n) is 5.84. The molecule has 4 rings (SSSR count). The van der Waals surface area contributed by atoms with Crippen molar-refractivity contribution in [1.82, 2.24) is 9.55 Å². The topological polar surface area (TPSA) is 67.5 Å². The minimum absolute atomic E-state index is 0.0145. The van der Waals surface area contributed by atoms with E-state index in [9.17, 15) is 9.90 Å². The summed E-state index contributed by atoms with van der Waals surface area (Å²) in [4.78, 5) is 21.5. The quantitative estimate of drug-likeness (QED) is 0.786. The first-order valence-electron chi connectivity index (χ1n) is 7.50. The third-order valence-electron chi connectivity index (χ3n) is 4.09. The molecule has 1 aliphatic heterocycles. The number of Topliss-reactive ketones (excluding diaryl/α,β-unsaturated/α-hetero) is 1. The first-order valence-corrected chi connectivity index (χ1v) is 7.50. The Bertz CT molecular complexity index is 983. The van der Waals surface area contributed by atoms with Gasteiger partial charge in [0.25, 0.3) is 0 Å². The Hall–Kier alpha value is -2.95. The summed E-state index contributed by atoms with van der Waals surface area (Å²) in [5.74, 6) is -0.129. The van der Waals surface area contributed by atoms with Crippen molar-refractivity contribution in [3.63, 3.8) is 0 Å². The smallest absolute Gasteiger partial charge is 0.214 e. The zero-order valence-corrected chi connectivity index (χ0v) is 12.8. The van der Waals surface area contributed by atoms with Crippen LogP contribution in [-0.4, -0.2) is 26.2 Å². The molecule has 0 spiro atoms. The van der Waals surface area contributed by atoms with Crippen molar-refractivity contribution >= 4 is 28.2 Å². The molecule has 0 radical (unpaired) electrons. The van der Waals surface area contributed by atoms with Gasteiger partial charge in [0.2, 0.25) is 11.7 Å². The highest BCUT2D eigenvalue weighted by atomic mass is 16.3. The van der Waals surface area contributed by atoms with Crippen LogP contribution in [0.15, 0.2) is 47.6 Å². The number of nitrogens with zero attached hydrogens (tertiary/aromatic N) is 3. The van der Waals surface area contributed by atoms with Crippen LogP contribution in [0.4, 0.5) is 5.69 Å². The second-order valence-corrected chi connectivity index (χ2v) is 5.84. The molecule has 23 heavy (non-hydrogen) atoms. The number of carbonyl (C=O) groups is 1. The number of aromatic nitrogens is 2. The summed E-state index contributed by atoms with van der Waals surface area (Å²) in [6.45, 7) is 3.93. The Labute approximate surface area is 132 Å². The molecule has 5 nitrogen and oxygen atoms in total. The predicted octanol–water partition coefficient (Wildman–Crippen LogP) is 3.64. The number of carbonyl (C=O) groups excluding carboxylic acids is 1. The van der Waals surface area contributed by atoms with E-state index in [0.29, 0.717) is 22.5 Å². The number of rotatable bonds is 2. The summed E-state index contributed by atoms with van der Waals surface area (Å²) in [5.41, 5.74) is 2.60. The minimum Gasteiger partial charge on any atom is -0.494 e. The molecule has 0 saturated carbocycles. The second kappa shape index (κ2) is 4.78. The first-order chi connectivity index (χ1) is 11.1. The molecule has 1 aromatic carbocycles. The SMILES string of the molecule is CC(C)n1c(O)c(C2=Nc3ccccc3C2=O)c2cccnc21. The molecule has 0 atom stereocenters. The lowest BCUT2D eigenvalue weighted by atomic mass is 10.0. The molecular weight excluding hydrogens is 290 g/mol. The molecule has 0 fully saturated rings. The van der Waals surface area contributed by atoms with Crippen molar-refractivity contribution in [2.75, 3.05) is 0 Å². The average Bonchev–Trinajstić information content (AvgIpc) is 3.01. The van der Waals surface area contributed by atoms with E-state index in [-0.39, 0.29) is 23.4 Å². The molecule has 0 saturated heterocycles. The van der Waals surface area contributed by atoms with Gasteiger partial charge >= 0.3 is 0 Å². The van der Waals surface area contributed by atoms with Crippen LogP contribution in [0.2, 0.25) is 0 Å². The van der Waals surface area contributed by atoms with E-state index < -0.39 is 0 Å². The van der Waals surface area contributed by atoms with Gasteiger partial charge in [0, 0.05) is 23.2 Å². The van der Waals surface area contributed by atoms with E-state index in [0.717, 1.165) is 5.39 Å². The van der Waals surface area contributed by atoms with Crippen LogP contribution >= 0.6 is 0 Å². The fraction of sp³-hybridized carbons (Fsp3) is 0.167. The molecule has 1 N–H and O–H groups in total. The number of hydrogen-bond acceptors (Lipinski definition) is 4. The van der Waals surface area contributed by atoms with Gasteiger partial charge < -0.3 is 5.11 Å². The Morgan fingerprint density at radius 2 is 1.91 bits per heavy atom. The van der Waals surface area contributed by atoms with E-state index in [2.05, 4.69) is 9.98 Å². The molecule has 114 valence electrons. The lowest BCUT2D eigenvalue weighted by Gasteiger charge is -2.10. The van der Waals surface area contributed by atoms with E-state index >= 15 is 0 Å². The van der Waals surface area contributed by atoms with Crippen molar-refractivity contribution in [3.05, 3.63) is 53.7 Å². The maximum Gasteiger partial charge on any atom is 0.214 e. The Morgan fingerprint density at radius 1 is 1.13 bits per heavy atom. The van der Waals surface area contributed by atoms with Gasteiger partial charge in [-0.2, -0.15) is 0 Å². The van der Waals surface area contributed by atoms with Gasteiger partial charge in [0.1, 0.15) is 11.4 Å². The summed E-state index contributed by atoms with van der Waals surface area (Å²) in [7, 11) is 0. The molecular formula is C18H15N3O2. The van der Waals surface area contributed by atoms with Crippen LogP contribution in [0.1, 0.15) is 35.8 Å². The van der Waals surface area contributed by atoms with Crippen molar-refractivity contribution in [3.8, 4) is 5.88 Å². The summed E-state index contributed by atoms with van der Waals surface area (Å²) in [5, 5.41) is 11.5. The minimum atomic E-state index is -0.164. The normalized spacial score (nSPS) is 13.7. The van der Waals surface area contributed by atoms with Crippen LogP contribution in [0.5, 0.6) is 5.88 Å². The molecule has 0 unspecified atom stereocenters. The molecule has 1 aliphatic rings. The van der Waals surface area contributed by atoms with E-state index in [1.54, 1.807) is 29.0 Å². The molecule has 0 aliphatic carbocycles.